The first-order valence-corrected chi connectivity index (χ1v) is 8.31. The van der Waals surface area contributed by atoms with Crippen molar-refractivity contribution < 1.29 is 9.90 Å². The van der Waals surface area contributed by atoms with Gasteiger partial charge >= 0.3 is 5.97 Å². The molecule has 0 aliphatic carbocycles. The zero-order chi connectivity index (χ0) is 16.5. The van der Waals surface area contributed by atoms with Gasteiger partial charge in [-0.25, -0.2) is 4.79 Å². The number of carboxylic acids is 1. The minimum Gasteiger partial charge on any atom is -0.478 e. The van der Waals surface area contributed by atoms with Gasteiger partial charge in [-0.15, -0.1) is 0 Å². The minimum absolute atomic E-state index is 0.123. The summed E-state index contributed by atoms with van der Waals surface area (Å²) in [5.74, 6) is -0.828. The maximum Gasteiger partial charge on any atom is 0.336 e. The van der Waals surface area contributed by atoms with E-state index in [1.807, 2.05) is 42.5 Å². The van der Waals surface area contributed by atoms with Crippen LogP contribution in [0, 0.1) is 0 Å². The van der Waals surface area contributed by atoms with Crippen molar-refractivity contribution in [2.45, 2.75) is 19.0 Å². The lowest BCUT2D eigenvalue weighted by atomic mass is 9.85. The third-order valence-corrected chi connectivity index (χ3v) is 4.86. The van der Waals surface area contributed by atoms with Crippen molar-refractivity contribution in [3.05, 3.63) is 71.3 Å². The summed E-state index contributed by atoms with van der Waals surface area (Å²) >= 11 is 0. The molecule has 1 atom stereocenters. The number of carboxylic acid groups (broad SMARTS) is 1. The molecule has 2 N–H and O–H groups in total. The molecule has 4 rings (SSSR count). The van der Waals surface area contributed by atoms with E-state index in [0.29, 0.717) is 12.1 Å². The molecule has 2 heterocycles. The van der Waals surface area contributed by atoms with Crippen molar-refractivity contribution in [3.63, 3.8) is 0 Å². The van der Waals surface area contributed by atoms with Crippen LogP contribution in [0.15, 0.2) is 60.2 Å². The molecule has 0 amide bonds. The van der Waals surface area contributed by atoms with E-state index in [4.69, 9.17) is 0 Å². The van der Waals surface area contributed by atoms with Gasteiger partial charge in [-0.05, 0) is 23.6 Å². The Morgan fingerprint density at radius 3 is 2.67 bits per heavy atom. The molecule has 0 saturated carbocycles. The van der Waals surface area contributed by atoms with E-state index in [1.165, 1.54) is 5.56 Å². The quantitative estimate of drug-likeness (QED) is 0.912. The Hall–Kier alpha value is -2.59. The number of carbonyl (C=O) groups is 1. The number of anilines is 1. The normalized spacial score (nSPS) is 20.1. The second kappa shape index (κ2) is 6.13. The Kier molecular flexibility index (Phi) is 3.82. The van der Waals surface area contributed by atoms with E-state index in [9.17, 15) is 9.90 Å². The molecule has 0 spiro atoms. The molecule has 1 saturated heterocycles. The van der Waals surface area contributed by atoms with Crippen LogP contribution in [-0.4, -0.2) is 35.1 Å². The highest BCUT2D eigenvalue weighted by molar-refractivity contribution is 6.19. The number of para-hydroxylation sites is 1. The monoisotopic (exact) mass is 320 g/mol. The highest BCUT2D eigenvalue weighted by Gasteiger charge is 2.33. The summed E-state index contributed by atoms with van der Waals surface area (Å²) in [6, 6.07) is 18.2. The molecular formula is C20H20N2O2. The number of aliphatic carboxylic acids is 1. The summed E-state index contributed by atoms with van der Waals surface area (Å²) in [5, 5.41) is 13.3. The zero-order valence-corrected chi connectivity index (χ0v) is 13.4. The topological polar surface area (TPSA) is 52.6 Å². The van der Waals surface area contributed by atoms with Gasteiger partial charge in [-0.3, -0.25) is 4.90 Å². The maximum absolute atomic E-state index is 11.9. The largest absolute Gasteiger partial charge is 0.478 e. The van der Waals surface area contributed by atoms with Gasteiger partial charge in [0, 0.05) is 30.9 Å². The standard InChI is InChI=1S/C20H20N2O2/c23-20(24)19-15-8-4-5-9-17(15)21-18-10-11-22(13-16(18)19)12-14-6-2-1-3-7-14/h1-9,18,21H,10-13H2,(H,23,24). The number of hydrogen-bond donors (Lipinski definition) is 2. The first kappa shape index (κ1) is 15.0. The van der Waals surface area contributed by atoms with Crippen LogP contribution in [0.2, 0.25) is 0 Å². The van der Waals surface area contributed by atoms with Crippen LogP contribution in [0.4, 0.5) is 5.69 Å². The van der Waals surface area contributed by atoms with E-state index < -0.39 is 5.97 Å². The number of rotatable bonds is 3. The Balaban J connectivity index is 1.67. The van der Waals surface area contributed by atoms with Crippen molar-refractivity contribution in [1.82, 2.24) is 4.90 Å². The predicted molar refractivity (Wildman–Crippen MR) is 94.7 cm³/mol. The maximum atomic E-state index is 11.9. The van der Waals surface area contributed by atoms with Crippen molar-refractivity contribution in [3.8, 4) is 0 Å². The van der Waals surface area contributed by atoms with Crippen LogP contribution in [0.25, 0.3) is 5.57 Å². The lowest BCUT2D eigenvalue weighted by molar-refractivity contribution is -0.130. The number of hydrogen-bond acceptors (Lipinski definition) is 3. The van der Waals surface area contributed by atoms with Crippen LogP contribution < -0.4 is 5.32 Å². The summed E-state index contributed by atoms with van der Waals surface area (Å²) in [6.07, 6.45) is 0.924. The van der Waals surface area contributed by atoms with Gasteiger partial charge in [-0.2, -0.15) is 0 Å². The Morgan fingerprint density at radius 1 is 1.12 bits per heavy atom. The van der Waals surface area contributed by atoms with Crippen molar-refractivity contribution in [2.24, 2.45) is 0 Å². The summed E-state index contributed by atoms with van der Waals surface area (Å²) in [5.41, 5.74) is 4.48. The Bertz CT molecular complexity index is 798. The fraction of sp³-hybridized carbons (Fsp3) is 0.250. The third kappa shape index (κ3) is 2.69. The van der Waals surface area contributed by atoms with Crippen LogP contribution in [0.5, 0.6) is 0 Å². The number of piperidine rings is 1. The molecule has 0 aromatic heterocycles. The molecule has 0 radical (unpaired) electrons. The molecule has 2 aromatic carbocycles. The average Bonchev–Trinajstić information content (AvgIpc) is 2.60. The number of nitrogens with zero attached hydrogens (tertiary/aromatic N) is 1. The molecule has 0 bridgehead atoms. The van der Waals surface area contributed by atoms with Gasteiger partial charge in [0.25, 0.3) is 0 Å². The lowest BCUT2D eigenvalue weighted by Crippen LogP contribution is -2.43. The van der Waals surface area contributed by atoms with E-state index in [-0.39, 0.29) is 6.04 Å². The van der Waals surface area contributed by atoms with E-state index in [1.54, 1.807) is 0 Å². The number of likely N-dealkylation sites (tertiary alicyclic amines) is 1. The number of fused-ring (bicyclic) bond motifs is 2. The fourth-order valence-corrected chi connectivity index (χ4v) is 3.75. The number of nitrogens with one attached hydrogen (secondary N) is 1. The molecule has 1 fully saturated rings. The molecule has 2 aliphatic heterocycles. The molecule has 4 nitrogen and oxygen atoms in total. The molecule has 24 heavy (non-hydrogen) atoms. The second-order valence-electron chi connectivity index (χ2n) is 6.43. The number of benzene rings is 2. The van der Waals surface area contributed by atoms with Gasteiger partial charge in [0.1, 0.15) is 0 Å². The third-order valence-electron chi connectivity index (χ3n) is 4.86. The lowest BCUT2D eigenvalue weighted by Gasteiger charge is -2.39. The van der Waals surface area contributed by atoms with Crippen LogP contribution in [0.3, 0.4) is 0 Å². The highest BCUT2D eigenvalue weighted by Crippen LogP contribution is 2.37. The molecule has 2 aliphatic rings. The van der Waals surface area contributed by atoms with Crippen molar-refractivity contribution in [2.75, 3.05) is 18.4 Å². The molecule has 2 aromatic rings. The first-order valence-electron chi connectivity index (χ1n) is 8.31. The van der Waals surface area contributed by atoms with Gasteiger partial charge in [0.05, 0.1) is 11.6 Å². The van der Waals surface area contributed by atoms with Crippen molar-refractivity contribution in [1.29, 1.82) is 0 Å². The molecule has 1 unspecified atom stereocenters. The van der Waals surface area contributed by atoms with Crippen LogP contribution in [0.1, 0.15) is 17.5 Å². The Morgan fingerprint density at radius 2 is 1.88 bits per heavy atom. The summed E-state index contributed by atoms with van der Waals surface area (Å²) < 4.78 is 0. The summed E-state index contributed by atoms with van der Waals surface area (Å²) in [6.45, 7) is 2.51. The average molecular weight is 320 g/mol. The van der Waals surface area contributed by atoms with Crippen molar-refractivity contribution >= 4 is 17.2 Å². The smallest absolute Gasteiger partial charge is 0.336 e. The summed E-state index contributed by atoms with van der Waals surface area (Å²) in [7, 11) is 0. The minimum atomic E-state index is -0.828. The van der Waals surface area contributed by atoms with Gasteiger partial charge in [-0.1, -0.05) is 48.5 Å². The predicted octanol–water partition coefficient (Wildman–Crippen LogP) is 3.22. The highest BCUT2D eigenvalue weighted by atomic mass is 16.4. The van der Waals surface area contributed by atoms with Crippen LogP contribution in [-0.2, 0) is 11.3 Å². The van der Waals surface area contributed by atoms with Crippen LogP contribution >= 0.6 is 0 Å². The Labute approximate surface area is 141 Å². The molecular weight excluding hydrogens is 300 g/mol. The molecule has 4 heteroatoms. The van der Waals surface area contributed by atoms with Gasteiger partial charge < -0.3 is 10.4 Å². The van der Waals surface area contributed by atoms with E-state index >= 15 is 0 Å². The van der Waals surface area contributed by atoms with E-state index in [0.717, 1.165) is 36.3 Å². The fourth-order valence-electron chi connectivity index (χ4n) is 3.75. The summed E-state index contributed by atoms with van der Waals surface area (Å²) in [4.78, 5) is 14.3. The second-order valence-corrected chi connectivity index (χ2v) is 6.43. The van der Waals surface area contributed by atoms with Gasteiger partial charge in [0.2, 0.25) is 0 Å². The SMILES string of the molecule is O=C(O)C1=C2CN(Cc3ccccc3)CCC2Nc2ccccc21. The van der Waals surface area contributed by atoms with E-state index in [2.05, 4.69) is 22.3 Å². The van der Waals surface area contributed by atoms with Gasteiger partial charge in [0.15, 0.2) is 0 Å². The zero-order valence-electron chi connectivity index (χ0n) is 13.4. The molecule has 122 valence electrons. The first-order chi connectivity index (χ1) is 11.7.